The lowest BCUT2D eigenvalue weighted by atomic mass is 9.83. The van der Waals surface area contributed by atoms with Gasteiger partial charge < -0.3 is 5.11 Å². The Balaban J connectivity index is 1.89. The van der Waals surface area contributed by atoms with Crippen molar-refractivity contribution >= 4 is 28.7 Å². The third kappa shape index (κ3) is 2.91. The van der Waals surface area contributed by atoms with Gasteiger partial charge in [-0.3, -0.25) is 9.78 Å². The molecule has 0 saturated carbocycles. The van der Waals surface area contributed by atoms with Crippen molar-refractivity contribution in [2.24, 2.45) is 0 Å². The zero-order valence-corrected chi connectivity index (χ0v) is 15.0. The van der Waals surface area contributed by atoms with E-state index in [9.17, 15) is 9.90 Å². The number of halogens is 1. The Morgan fingerprint density at radius 3 is 2.56 bits per heavy atom. The molecule has 1 aliphatic carbocycles. The minimum absolute atomic E-state index is 0.102. The van der Waals surface area contributed by atoms with E-state index in [0.717, 1.165) is 16.0 Å². The SMILES string of the molecule is O=C1CCCC(O)(c2ccc(Cl)cc2)c2cc(-c3ccncc3)sc21. The predicted molar refractivity (Wildman–Crippen MR) is 100 cm³/mol. The van der Waals surface area contributed by atoms with Gasteiger partial charge in [-0.1, -0.05) is 23.7 Å². The number of aromatic nitrogens is 1. The molecule has 0 radical (unpaired) electrons. The fourth-order valence-electron chi connectivity index (χ4n) is 3.34. The van der Waals surface area contributed by atoms with Crippen molar-refractivity contribution in [3.63, 3.8) is 0 Å². The first-order valence-corrected chi connectivity index (χ1v) is 9.34. The maximum atomic E-state index is 12.6. The normalized spacial score (nSPS) is 20.2. The fraction of sp³-hybridized carbons (Fsp3) is 0.200. The summed E-state index contributed by atoms with van der Waals surface area (Å²) in [6.07, 6.45) is 5.09. The molecule has 1 N–H and O–H groups in total. The van der Waals surface area contributed by atoms with Crippen LogP contribution in [-0.4, -0.2) is 15.9 Å². The van der Waals surface area contributed by atoms with E-state index in [0.29, 0.717) is 34.7 Å². The number of rotatable bonds is 2. The molecule has 2 heterocycles. The number of Topliss-reactive ketones (excluding diaryl/α,β-unsaturated/α-hetero) is 1. The molecule has 0 saturated heterocycles. The zero-order chi connectivity index (χ0) is 17.4. The van der Waals surface area contributed by atoms with Gasteiger partial charge in [-0.2, -0.15) is 0 Å². The Morgan fingerprint density at radius 1 is 1.12 bits per heavy atom. The Labute approximate surface area is 154 Å². The molecule has 0 fully saturated rings. The standard InChI is InChI=1S/C20H16ClNO2S/c21-15-5-3-14(4-6-15)20(24)9-1-2-17(23)19-16(20)12-18(25-19)13-7-10-22-11-8-13/h3-8,10-12,24H,1-2,9H2. The predicted octanol–water partition coefficient (Wildman–Crippen LogP) is 5.07. The maximum Gasteiger partial charge on any atom is 0.173 e. The molecule has 0 amide bonds. The van der Waals surface area contributed by atoms with Crippen LogP contribution in [0.15, 0.2) is 54.9 Å². The quantitative estimate of drug-likeness (QED) is 0.642. The van der Waals surface area contributed by atoms with Crippen LogP contribution < -0.4 is 0 Å². The summed E-state index contributed by atoms with van der Waals surface area (Å²) in [5.74, 6) is 0.102. The topological polar surface area (TPSA) is 50.2 Å². The minimum atomic E-state index is -1.17. The first-order chi connectivity index (χ1) is 12.1. The highest BCUT2D eigenvalue weighted by Crippen LogP contribution is 2.45. The number of carbonyl (C=O) groups is 1. The summed E-state index contributed by atoms with van der Waals surface area (Å²) in [5.41, 5.74) is 1.30. The Hall–Kier alpha value is -2.01. The summed E-state index contributed by atoms with van der Waals surface area (Å²) < 4.78 is 0. The number of thiophene rings is 1. The second kappa shape index (κ2) is 6.37. The van der Waals surface area contributed by atoms with Crippen LogP contribution in [0.5, 0.6) is 0 Å². The number of aliphatic hydroxyl groups is 1. The third-order valence-electron chi connectivity index (χ3n) is 4.66. The molecule has 3 nitrogen and oxygen atoms in total. The summed E-state index contributed by atoms with van der Waals surface area (Å²) in [4.78, 5) is 18.3. The molecule has 0 aliphatic heterocycles. The van der Waals surface area contributed by atoms with Gasteiger partial charge in [0.2, 0.25) is 0 Å². The average molecular weight is 370 g/mol. The van der Waals surface area contributed by atoms with E-state index in [1.54, 1.807) is 24.5 Å². The van der Waals surface area contributed by atoms with E-state index in [1.165, 1.54) is 11.3 Å². The summed E-state index contributed by atoms with van der Waals surface area (Å²) in [5, 5.41) is 12.2. The minimum Gasteiger partial charge on any atom is -0.380 e. The Kier molecular flexibility index (Phi) is 4.20. The van der Waals surface area contributed by atoms with Crippen LogP contribution in [0.2, 0.25) is 5.02 Å². The Morgan fingerprint density at radius 2 is 1.84 bits per heavy atom. The van der Waals surface area contributed by atoms with Crippen molar-refractivity contribution in [1.82, 2.24) is 4.98 Å². The summed E-state index contributed by atoms with van der Waals surface area (Å²) in [6, 6.07) is 13.0. The number of hydrogen-bond donors (Lipinski definition) is 1. The smallest absolute Gasteiger partial charge is 0.173 e. The molecule has 1 unspecified atom stereocenters. The number of benzene rings is 1. The first kappa shape index (κ1) is 16.5. The third-order valence-corrected chi connectivity index (χ3v) is 6.14. The number of fused-ring (bicyclic) bond motifs is 1. The molecule has 5 heteroatoms. The fourth-order valence-corrected chi connectivity index (χ4v) is 4.67. The lowest BCUT2D eigenvalue weighted by Crippen LogP contribution is -2.26. The first-order valence-electron chi connectivity index (χ1n) is 8.14. The van der Waals surface area contributed by atoms with E-state index in [4.69, 9.17) is 11.6 Å². The van der Waals surface area contributed by atoms with Crippen molar-refractivity contribution in [2.45, 2.75) is 24.9 Å². The number of pyridine rings is 1. The van der Waals surface area contributed by atoms with Crippen molar-refractivity contribution in [3.05, 3.63) is 75.9 Å². The molecule has 0 spiro atoms. The zero-order valence-electron chi connectivity index (χ0n) is 13.4. The second-order valence-electron chi connectivity index (χ2n) is 6.23. The van der Waals surface area contributed by atoms with E-state index < -0.39 is 5.60 Å². The van der Waals surface area contributed by atoms with Gasteiger partial charge in [0.05, 0.1) is 4.88 Å². The van der Waals surface area contributed by atoms with Crippen molar-refractivity contribution in [1.29, 1.82) is 0 Å². The number of ketones is 1. The summed E-state index contributed by atoms with van der Waals surface area (Å²) >= 11 is 7.44. The lowest BCUT2D eigenvalue weighted by Gasteiger charge is -2.28. The van der Waals surface area contributed by atoms with Gasteiger partial charge in [-0.15, -0.1) is 11.3 Å². The van der Waals surface area contributed by atoms with Crippen LogP contribution in [0.25, 0.3) is 10.4 Å². The van der Waals surface area contributed by atoms with Crippen molar-refractivity contribution in [3.8, 4) is 10.4 Å². The molecular formula is C20H16ClNO2S. The monoisotopic (exact) mass is 369 g/mol. The number of nitrogens with zero attached hydrogens (tertiary/aromatic N) is 1. The van der Waals surface area contributed by atoms with E-state index in [2.05, 4.69) is 4.98 Å². The summed E-state index contributed by atoms with van der Waals surface area (Å²) in [7, 11) is 0. The molecule has 1 aliphatic rings. The molecule has 4 rings (SSSR count). The van der Waals surface area contributed by atoms with E-state index in [-0.39, 0.29) is 5.78 Å². The average Bonchev–Trinajstić information content (AvgIpc) is 3.04. The van der Waals surface area contributed by atoms with E-state index >= 15 is 0 Å². The van der Waals surface area contributed by atoms with Gasteiger partial charge in [0.1, 0.15) is 5.60 Å². The van der Waals surface area contributed by atoms with Gasteiger partial charge in [-0.05, 0) is 54.3 Å². The largest absolute Gasteiger partial charge is 0.380 e. The molecule has 126 valence electrons. The van der Waals surface area contributed by atoms with Crippen LogP contribution in [-0.2, 0) is 5.60 Å². The number of hydrogen-bond acceptors (Lipinski definition) is 4. The molecule has 1 atom stereocenters. The highest BCUT2D eigenvalue weighted by atomic mass is 35.5. The van der Waals surface area contributed by atoms with Crippen LogP contribution in [0.4, 0.5) is 0 Å². The number of carbonyl (C=O) groups excluding carboxylic acids is 1. The molecule has 3 aromatic rings. The van der Waals surface area contributed by atoms with Gasteiger partial charge in [0.15, 0.2) is 5.78 Å². The van der Waals surface area contributed by atoms with Crippen LogP contribution in [0.1, 0.15) is 40.1 Å². The summed E-state index contributed by atoms with van der Waals surface area (Å²) in [6.45, 7) is 0. The van der Waals surface area contributed by atoms with E-state index in [1.807, 2.05) is 30.3 Å². The van der Waals surface area contributed by atoms with Crippen LogP contribution in [0, 0.1) is 0 Å². The van der Waals surface area contributed by atoms with Gasteiger partial charge >= 0.3 is 0 Å². The molecule has 1 aromatic carbocycles. The van der Waals surface area contributed by atoms with Crippen LogP contribution in [0.3, 0.4) is 0 Å². The highest BCUT2D eigenvalue weighted by Gasteiger charge is 2.38. The molecular weight excluding hydrogens is 354 g/mol. The van der Waals surface area contributed by atoms with Crippen molar-refractivity contribution in [2.75, 3.05) is 0 Å². The second-order valence-corrected chi connectivity index (χ2v) is 7.72. The highest BCUT2D eigenvalue weighted by molar-refractivity contribution is 7.17. The molecule has 2 aromatic heterocycles. The maximum absolute atomic E-state index is 12.6. The van der Waals surface area contributed by atoms with Crippen molar-refractivity contribution < 1.29 is 9.90 Å². The van der Waals surface area contributed by atoms with Crippen LogP contribution >= 0.6 is 22.9 Å². The molecule has 0 bridgehead atoms. The Bertz CT molecular complexity index is 921. The lowest BCUT2D eigenvalue weighted by molar-refractivity contribution is 0.0708. The van der Waals surface area contributed by atoms with Gasteiger partial charge in [0.25, 0.3) is 0 Å². The van der Waals surface area contributed by atoms with Gasteiger partial charge in [0, 0.05) is 34.3 Å². The van der Waals surface area contributed by atoms with Gasteiger partial charge in [-0.25, -0.2) is 0 Å². The molecule has 25 heavy (non-hydrogen) atoms.